The van der Waals surface area contributed by atoms with Gasteiger partial charge in [-0.15, -0.1) is 6.42 Å². The molecule has 0 fully saturated rings. The van der Waals surface area contributed by atoms with E-state index in [1.165, 1.54) is 0 Å². The molecule has 0 radical (unpaired) electrons. The number of aliphatic hydroxyl groups is 1. The lowest BCUT2D eigenvalue weighted by Crippen LogP contribution is -2.16. The predicted molar refractivity (Wildman–Crippen MR) is 108 cm³/mol. The molecule has 2 aromatic rings. The molecule has 0 atom stereocenters. The summed E-state index contributed by atoms with van der Waals surface area (Å²) in [6, 6.07) is 7.53. The molecule has 6 nitrogen and oxygen atoms in total. The highest BCUT2D eigenvalue weighted by molar-refractivity contribution is 5.70. The van der Waals surface area contributed by atoms with Crippen LogP contribution in [0.4, 0.5) is 5.82 Å². The Labute approximate surface area is 160 Å². The molecule has 0 bridgehead atoms. The van der Waals surface area contributed by atoms with Crippen molar-refractivity contribution in [2.24, 2.45) is 7.05 Å². The number of anilines is 1. The van der Waals surface area contributed by atoms with E-state index in [1.54, 1.807) is 7.11 Å². The first kappa shape index (κ1) is 20.0. The van der Waals surface area contributed by atoms with E-state index in [0.717, 1.165) is 17.0 Å². The van der Waals surface area contributed by atoms with Crippen molar-refractivity contribution in [3.63, 3.8) is 0 Å². The van der Waals surface area contributed by atoms with Crippen LogP contribution in [0.25, 0.3) is 5.70 Å². The van der Waals surface area contributed by atoms with Crippen LogP contribution in [0, 0.1) is 24.2 Å². The van der Waals surface area contributed by atoms with Gasteiger partial charge < -0.3 is 25.0 Å². The molecule has 2 rings (SSSR count). The summed E-state index contributed by atoms with van der Waals surface area (Å²) >= 11 is 0. The maximum absolute atomic E-state index is 9.00. The second-order valence-electron chi connectivity index (χ2n) is 5.71. The Morgan fingerprint density at radius 3 is 2.93 bits per heavy atom. The molecule has 27 heavy (non-hydrogen) atoms. The fraction of sp³-hybridized carbons (Fsp3) is 0.286. The number of hydrogen-bond donors (Lipinski definition) is 3. The van der Waals surface area contributed by atoms with Gasteiger partial charge in [0.1, 0.15) is 11.4 Å². The van der Waals surface area contributed by atoms with E-state index in [2.05, 4.69) is 40.0 Å². The average Bonchev–Trinajstić information content (AvgIpc) is 3.00. The summed E-state index contributed by atoms with van der Waals surface area (Å²) in [4.78, 5) is 4.58. The van der Waals surface area contributed by atoms with E-state index < -0.39 is 0 Å². The lowest BCUT2D eigenvalue weighted by molar-refractivity contribution is 0.292. The Kier molecular flexibility index (Phi) is 7.37. The van der Waals surface area contributed by atoms with Crippen molar-refractivity contribution in [1.29, 1.82) is 0 Å². The Bertz CT molecular complexity index is 897. The van der Waals surface area contributed by atoms with E-state index in [9.17, 15) is 0 Å². The van der Waals surface area contributed by atoms with Crippen LogP contribution in [-0.2, 0) is 7.05 Å². The zero-order valence-corrected chi connectivity index (χ0v) is 15.7. The van der Waals surface area contributed by atoms with Crippen LogP contribution in [0.1, 0.15) is 23.5 Å². The van der Waals surface area contributed by atoms with Crippen LogP contribution < -0.4 is 15.4 Å². The molecule has 6 heteroatoms. The maximum Gasteiger partial charge on any atom is 0.188 e. The van der Waals surface area contributed by atoms with Crippen molar-refractivity contribution in [3.8, 4) is 29.9 Å². The summed E-state index contributed by atoms with van der Waals surface area (Å²) in [6.45, 7) is 5.10. The third kappa shape index (κ3) is 5.31. The van der Waals surface area contributed by atoms with E-state index >= 15 is 0 Å². The molecule has 1 aromatic carbocycles. The molecule has 0 spiro atoms. The molecule has 0 aliphatic rings. The van der Waals surface area contributed by atoms with E-state index in [0.29, 0.717) is 36.8 Å². The summed E-state index contributed by atoms with van der Waals surface area (Å²) in [5.41, 5.74) is 2.26. The van der Waals surface area contributed by atoms with Crippen LogP contribution in [0.2, 0.25) is 0 Å². The maximum atomic E-state index is 9.00. The number of ether oxygens (including phenoxy) is 1. The quantitative estimate of drug-likeness (QED) is 0.492. The molecule has 1 aromatic heterocycles. The van der Waals surface area contributed by atoms with Gasteiger partial charge in [0.25, 0.3) is 0 Å². The molecule has 0 aliphatic carbocycles. The van der Waals surface area contributed by atoms with Gasteiger partial charge in [-0.25, -0.2) is 4.98 Å². The minimum Gasteiger partial charge on any atom is -0.497 e. The number of imidazole rings is 1. The van der Waals surface area contributed by atoms with Crippen LogP contribution in [0.3, 0.4) is 0 Å². The molecule has 0 saturated heterocycles. The number of aliphatic hydroxyl groups excluding tert-OH is 1. The van der Waals surface area contributed by atoms with Crippen molar-refractivity contribution in [3.05, 3.63) is 47.9 Å². The van der Waals surface area contributed by atoms with Gasteiger partial charge >= 0.3 is 0 Å². The Morgan fingerprint density at radius 2 is 2.22 bits per heavy atom. The van der Waals surface area contributed by atoms with Gasteiger partial charge in [0.15, 0.2) is 11.6 Å². The molecule has 0 unspecified atom stereocenters. The third-order valence-corrected chi connectivity index (χ3v) is 3.80. The van der Waals surface area contributed by atoms with Crippen LogP contribution in [-0.4, -0.2) is 41.5 Å². The summed E-state index contributed by atoms with van der Waals surface area (Å²) in [6.07, 6.45) is 5.93. The Balaban J connectivity index is 2.35. The largest absolute Gasteiger partial charge is 0.497 e. The van der Waals surface area contributed by atoms with Gasteiger partial charge in [0.2, 0.25) is 0 Å². The van der Waals surface area contributed by atoms with Gasteiger partial charge in [-0.1, -0.05) is 24.5 Å². The summed E-state index contributed by atoms with van der Waals surface area (Å²) in [5.74, 6) is 10.7. The van der Waals surface area contributed by atoms with Crippen LogP contribution >= 0.6 is 0 Å². The second kappa shape index (κ2) is 9.96. The normalized spacial score (nSPS) is 9.70. The minimum atomic E-state index is 0.105. The zero-order chi connectivity index (χ0) is 19.6. The minimum absolute atomic E-state index is 0.105. The van der Waals surface area contributed by atoms with Crippen molar-refractivity contribution in [2.75, 3.05) is 32.1 Å². The van der Waals surface area contributed by atoms with Gasteiger partial charge in [0, 0.05) is 25.8 Å². The molecule has 140 valence electrons. The standard InChI is InChI=1S/C21H24N4O2/c1-5-12-22-16(2)20-21(23-13-7-14-26)24-19(25(20)3)11-10-17-8-6-9-18(15-17)27-4/h1,6,8-9,15,22-23,26H,2,7,12-14H2,3-4H3. The number of nitrogens with zero attached hydrogens (tertiary/aromatic N) is 2. The smallest absolute Gasteiger partial charge is 0.188 e. The fourth-order valence-corrected chi connectivity index (χ4v) is 2.44. The van der Waals surface area contributed by atoms with Gasteiger partial charge in [-0.3, -0.25) is 0 Å². The predicted octanol–water partition coefficient (Wildman–Crippen LogP) is 1.82. The Morgan fingerprint density at radius 1 is 1.41 bits per heavy atom. The monoisotopic (exact) mass is 364 g/mol. The molecule has 3 N–H and O–H groups in total. The van der Waals surface area contributed by atoms with Crippen molar-refractivity contribution < 1.29 is 9.84 Å². The third-order valence-electron chi connectivity index (χ3n) is 3.80. The molecule has 0 saturated carbocycles. The number of rotatable bonds is 8. The van der Waals surface area contributed by atoms with E-state index in [-0.39, 0.29) is 6.61 Å². The zero-order valence-electron chi connectivity index (χ0n) is 15.7. The summed E-state index contributed by atoms with van der Waals surface area (Å²) in [5, 5.41) is 15.3. The van der Waals surface area contributed by atoms with Crippen molar-refractivity contribution in [1.82, 2.24) is 14.9 Å². The van der Waals surface area contributed by atoms with Gasteiger partial charge in [-0.2, -0.15) is 0 Å². The second-order valence-corrected chi connectivity index (χ2v) is 5.71. The summed E-state index contributed by atoms with van der Waals surface area (Å²) in [7, 11) is 3.49. The summed E-state index contributed by atoms with van der Waals surface area (Å²) < 4.78 is 7.08. The first-order valence-corrected chi connectivity index (χ1v) is 8.54. The van der Waals surface area contributed by atoms with E-state index in [1.807, 2.05) is 35.9 Å². The Hall–Kier alpha value is -3.35. The van der Waals surface area contributed by atoms with E-state index in [4.69, 9.17) is 16.3 Å². The number of aromatic nitrogens is 2. The molecular weight excluding hydrogens is 340 g/mol. The number of terminal acetylenes is 1. The van der Waals surface area contributed by atoms with Gasteiger partial charge in [0.05, 0.1) is 19.4 Å². The highest BCUT2D eigenvalue weighted by Crippen LogP contribution is 2.22. The average molecular weight is 364 g/mol. The van der Waals surface area contributed by atoms with Crippen LogP contribution in [0.15, 0.2) is 30.8 Å². The number of benzene rings is 1. The van der Waals surface area contributed by atoms with Crippen molar-refractivity contribution in [2.45, 2.75) is 6.42 Å². The lowest BCUT2D eigenvalue weighted by Gasteiger charge is -2.11. The van der Waals surface area contributed by atoms with Crippen LogP contribution in [0.5, 0.6) is 5.75 Å². The first-order valence-electron chi connectivity index (χ1n) is 8.54. The molecular formula is C21H24N4O2. The number of nitrogens with one attached hydrogen (secondary N) is 2. The number of hydrogen-bond acceptors (Lipinski definition) is 5. The number of methoxy groups -OCH3 is 1. The molecule has 0 aliphatic heterocycles. The highest BCUT2D eigenvalue weighted by Gasteiger charge is 2.16. The molecule has 1 heterocycles. The van der Waals surface area contributed by atoms with Crippen molar-refractivity contribution >= 4 is 11.5 Å². The lowest BCUT2D eigenvalue weighted by atomic mass is 10.2. The first-order chi connectivity index (χ1) is 13.1. The fourth-order valence-electron chi connectivity index (χ4n) is 2.44. The molecule has 0 amide bonds. The van der Waals surface area contributed by atoms with Gasteiger partial charge in [-0.05, 0) is 30.5 Å². The topological polar surface area (TPSA) is 71.3 Å². The SMILES string of the molecule is C#CCNC(=C)c1c(NCCCO)nc(C#Cc2cccc(OC)c2)n1C. The highest BCUT2D eigenvalue weighted by atomic mass is 16.5.